The summed E-state index contributed by atoms with van der Waals surface area (Å²) < 4.78 is 3.42. The summed E-state index contributed by atoms with van der Waals surface area (Å²) in [6, 6.07) is 5.23. The van der Waals surface area contributed by atoms with Crippen molar-refractivity contribution < 1.29 is 4.79 Å². The highest BCUT2D eigenvalue weighted by atomic mass is 79.9. The van der Waals surface area contributed by atoms with Crippen LogP contribution in [-0.2, 0) is 19.9 Å². The van der Waals surface area contributed by atoms with E-state index in [0.29, 0.717) is 17.7 Å². The van der Waals surface area contributed by atoms with Crippen molar-refractivity contribution in [1.82, 2.24) is 9.78 Å². The topological polar surface area (TPSA) is 60.9 Å². The molecule has 1 aromatic heterocycles. The van der Waals surface area contributed by atoms with Crippen molar-refractivity contribution in [3.63, 3.8) is 0 Å². The highest BCUT2D eigenvalue weighted by molar-refractivity contribution is 9.11. The van der Waals surface area contributed by atoms with Crippen LogP contribution in [0, 0.1) is 0 Å². The number of carbonyl (C=O) groups excluding carboxylic acids is 1. The van der Waals surface area contributed by atoms with Gasteiger partial charge in [0.2, 0.25) is 0 Å². The Kier molecular flexibility index (Phi) is 4.65. The molecule has 0 aliphatic carbocycles. The number of nitrogens with zero attached hydrogens (tertiary/aromatic N) is 2. The van der Waals surface area contributed by atoms with E-state index in [0.717, 1.165) is 26.8 Å². The highest BCUT2D eigenvalue weighted by Crippen LogP contribution is 2.25. The molecule has 1 aromatic carbocycles. The van der Waals surface area contributed by atoms with E-state index in [1.807, 2.05) is 14.0 Å². The lowest BCUT2D eigenvalue weighted by atomic mass is 10.1. The average Bonchev–Trinajstić information content (AvgIpc) is 2.69. The summed E-state index contributed by atoms with van der Waals surface area (Å²) in [4.78, 5) is 12.4. The maximum atomic E-state index is 12.4. The van der Waals surface area contributed by atoms with Crippen molar-refractivity contribution in [1.29, 1.82) is 0 Å². The number of hydrogen-bond acceptors (Lipinski definition) is 3. The molecular weight excluding hydrogens is 386 g/mol. The van der Waals surface area contributed by atoms with E-state index in [4.69, 9.17) is 5.73 Å². The molecule has 2 aromatic rings. The third-order valence-electron chi connectivity index (χ3n) is 3.15. The Balaban J connectivity index is 2.28. The number of rotatable bonds is 4. The molecule has 2 rings (SSSR count). The second-order valence-electron chi connectivity index (χ2n) is 4.52. The molecule has 106 valence electrons. The molecule has 0 atom stereocenters. The minimum Gasteiger partial charge on any atom is -0.398 e. The number of Topliss-reactive ketones (excluding diaryl/α,β-unsaturated/α-hetero) is 1. The summed E-state index contributed by atoms with van der Waals surface area (Å²) in [7, 11) is 1.85. The standard InChI is InChI=1S/C14H15Br2N3O/c1-3-11-14(16)12(19(2)18-11)7-13(20)8-4-5-10(17)9(15)6-8/h4-6H,3,7,17H2,1-2H3. The predicted molar refractivity (Wildman–Crippen MR) is 86.9 cm³/mol. The van der Waals surface area contributed by atoms with Crippen LogP contribution < -0.4 is 5.73 Å². The molecule has 0 unspecified atom stereocenters. The number of aryl methyl sites for hydroxylation is 2. The highest BCUT2D eigenvalue weighted by Gasteiger charge is 2.17. The van der Waals surface area contributed by atoms with Crippen LogP contribution in [0.1, 0.15) is 28.7 Å². The summed E-state index contributed by atoms with van der Waals surface area (Å²) in [5, 5.41) is 4.40. The fourth-order valence-corrected chi connectivity index (χ4v) is 3.10. The van der Waals surface area contributed by atoms with Crippen LogP contribution in [0.2, 0.25) is 0 Å². The van der Waals surface area contributed by atoms with Crippen molar-refractivity contribution in [2.45, 2.75) is 19.8 Å². The second kappa shape index (κ2) is 6.10. The third-order valence-corrected chi connectivity index (χ3v) is 4.76. The Morgan fingerprint density at radius 1 is 1.40 bits per heavy atom. The quantitative estimate of drug-likeness (QED) is 0.630. The minimum atomic E-state index is 0.0389. The van der Waals surface area contributed by atoms with E-state index < -0.39 is 0 Å². The van der Waals surface area contributed by atoms with Crippen molar-refractivity contribution in [2.75, 3.05) is 5.73 Å². The Hall–Kier alpha value is -1.14. The first-order chi connectivity index (χ1) is 9.43. The molecule has 0 aliphatic heterocycles. The van der Waals surface area contributed by atoms with E-state index in [9.17, 15) is 4.79 Å². The summed E-state index contributed by atoms with van der Waals surface area (Å²) in [6.45, 7) is 2.04. The fourth-order valence-electron chi connectivity index (χ4n) is 1.97. The lowest BCUT2D eigenvalue weighted by Gasteiger charge is -2.05. The number of hydrogen-bond donors (Lipinski definition) is 1. The maximum absolute atomic E-state index is 12.4. The zero-order chi connectivity index (χ0) is 14.9. The molecule has 0 radical (unpaired) electrons. The zero-order valence-corrected chi connectivity index (χ0v) is 14.5. The fraction of sp³-hybridized carbons (Fsp3) is 0.286. The monoisotopic (exact) mass is 399 g/mol. The van der Waals surface area contributed by atoms with Crippen molar-refractivity contribution in [2.24, 2.45) is 7.05 Å². The number of aromatic nitrogens is 2. The average molecular weight is 401 g/mol. The van der Waals surface area contributed by atoms with Gasteiger partial charge in [0.05, 0.1) is 22.3 Å². The van der Waals surface area contributed by atoms with Crippen molar-refractivity contribution in [3.8, 4) is 0 Å². The van der Waals surface area contributed by atoms with E-state index in [1.54, 1.807) is 22.9 Å². The number of ketones is 1. The summed E-state index contributed by atoms with van der Waals surface area (Å²) in [6.07, 6.45) is 1.14. The van der Waals surface area contributed by atoms with E-state index in [-0.39, 0.29) is 5.78 Å². The van der Waals surface area contributed by atoms with Gasteiger partial charge in [-0.05, 0) is 56.5 Å². The zero-order valence-electron chi connectivity index (χ0n) is 11.3. The number of halogens is 2. The molecule has 20 heavy (non-hydrogen) atoms. The first-order valence-electron chi connectivity index (χ1n) is 6.22. The van der Waals surface area contributed by atoms with Crippen molar-refractivity contribution in [3.05, 3.63) is 44.1 Å². The molecule has 2 N–H and O–H groups in total. The number of anilines is 1. The van der Waals surface area contributed by atoms with Crippen LogP contribution in [0.15, 0.2) is 27.1 Å². The molecule has 0 aliphatic rings. The summed E-state index contributed by atoms with van der Waals surface area (Å²) in [5.41, 5.74) is 8.84. The van der Waals surface area contributed by atoms with Gasteiger partial charge >= 0.3 is 0 Å². The molecule has 1 heterocycles. The molecule has 0 amide bonds. The van der Waals surface area contributed by atoms with Gasteiger partial charge in [0.1, 0.15) is 0 Å². The van der Waals surface area contributed by atoms with Gasteiger partial charge in [-0.3, -0.25) is 9.48 Å². The van der Waals surface area contributed by atoms with Crippen molar-refractivity contribution >= 4 is 43.3 Å². The van der Waals surface area contributed by atoms with Gasteiger partial charge in [-0.25, -0.2) is 0 Å². The lowest BCUT2D eigenvalue weighted by molar-refractivity contribution is 0.0990. The van der Waals surface area contributed by atoms with Gasteiger partial charge in [0.25, 0.3) is 0 Å². The van der Waals surface area contributed by atoms with Gasteiger partial charge in [0, 0.05) is 22.8 Å². The molecule has 0 fully saturated rings. The van der Waals surface area contributed by atoms with Gasteiger partial charge in [-0.2, -0.15) is 5.10 Å². The van der Waals surface area contributed by atoms with E-state index in [1.165, 1.54) is 0 Å². The summed E-state index contributed by atoms with van der Waals surface area (Å²) in [5.74, 6) is 0.0389. The number of nitrogens with two attached hydrogens (primary N) is 1. The predicted octanol–water partition coefficient (Wildman–Crippen LogP) is 3.52. The van der Waals surface area contributed by atoms with Crippen LogP contribution in [0.25, 0.3) is 0 Å². The molecule has 0 saturated carbocycles. The SMILES string of the molecule is CCc1nn(C)c(CC(=O)c2ccc(N)c(Br)c2)c1Br. The molecule has 0 saturated heterocycles. The second-order valence-corrected chi connectivity index (χ2v) is 6.17. The van der Waals surface area contributed by atoms with Crippen LogP contribution >= 0.6 is 31.9 Å². The smallest absolute Gasteiger partial charge is 0.168 e. The van der Waals surface area contributed by atoms with Crippen LogP contribution in [0.4, 0.5) is 5.69 Å². The van der Waals surface area contributed by atoms with Gasteiger partial charge in [-0.15, -0.1) is 0 Å². The lowest BCUT2D eigenvalue weighted by Crippen LogP contribution is -2.08. The Bertz CT molecular complexity index is 665. The Morgan fingerprint density at radius 2 is 2.10 bits per heavy atom. The largest absolute Gasteiger partial charge is 0.398 e. The van der Waals surface area contributed by atoms with E-state index >= 15 is 0 Å². The summed E-state index contributed by atoms with van der Waals surface area (Å²) >= 11 is 6.86. The van der Waals surface area contributed by atoms with Gasteiger partial charge in [-0.1, -0.05) is 6.92 Å². The molecule has 6 heteroatoms. The molecule has 0 spiro atoms. The number of benzene rings is 1. The van der Waals surface area contributed by atoms with Gasteiger partial charge < -0.3 is 5.73 Å². The normalized spacial score (nSPS) is 10.8. The third kappa shape index (κ3) is 2.96. The minimum absolute atomic E-state index is 0.0389. The first kappa shape index (κ1) is 15.3. The van der Waals surface area contributed by atoms with Crippen LogP contribution in [0.3, 0.4) is 0 Å². The van der Waals surface area contributed by atoms with Gasteiger partial charge in [0.15, 0.2) is 5.78 Å². The van der Waals surface area contributed by atoms with E-state index in [2.05, 4.69) is 37.0 Å². The number of carbonyl (C=O) groups is 1. The molecule has 0 bridgehead atoms. The molecular formula is C14H15Br2N3O. The van der Waals surface area contributed by atoms with Crippen LogP contribution in [0.5, 0.6) is 0 Å². The molecule has 4 nitrogen and oxygen atoms in total. The van der Waals surface area contributed by atoms with Crippen LogP contribution in [-0.4, -0.2) is 15.6 Å². The Labute approximate surface area is 134 Å². The first-order valence-corrected chi connectivity index (χ1v) is 7.81. The number of nitrogen functional groups attached to an aromatic ring is 1. The maximum Gasteiger partial charge on any atom is 0.168 e. The Morgan fingerprint density at radius 3 is 2.65 bits per heavy atom.